The fourth-order valence-electron chi connectivity index (χ4n) is 16.6. The van der Waals surface area contributed by atoms with Gasteiger partial charge >= 0.3 is 5.97 Å². The van der Waals surface area contributed by atoms with E-state index in [0.29, 0.717) is 25.7 Å². The molecule has 436 valence electrons. The summed E-state index contributed by atoms with van der Waals surface area (Å²) in [5.41, 5.74) is -0.996. The van der Waals surface area contributed by atoms with E-state index in [0.717, 1.165) is 32.1 Å². The molecule has 9 aliphatic rings. The van der Waals surface area contributed by atoms with Crippen LogP contribution in [0.1, 0.15) is 113 Å². The Morgan fingerprint density at radius 2 is 1.16 bits per heavy atom. The van der Waals surface area contributed by atoms with Crippen molar-refractivity contribution in [3.63, 3.8) is 0 Å². The first-order chi connectivity index (χ1) is 35.6. The lowest BCUT2D eigenvalue weighted by Gasteiger charge is -2.71. The van der Waals surface area contributed by atoms with Crippen molar-refractivity contribution in [1.29, 1.82) is 0 Å². The molecule has 0 aromatic carbocycles. The Labute approximate surface area is 444 Å². The van der Waals surface area contributed by atoms with E-state index in [4.69, 9.17) is 37.9 Å². The lowest BCUT2D eigenvalue weighted by molar-refractivity contribution is -0.376. The molecule has 9 rings (SSSR count). The number of carbonyl (C=O) groups is 1. The second kappa shape index (κ2) is 21.6. The van der Waals surface area contributed by atoms with Crippen LogP contribution in [0.15, 0.2) is 11.6 Å². The van der Waals surface area contributed by atoms with Crippen LogP contribution >= 0.6 is 0 Å². The Morgan fingerprint density at radius 3 is 1.82 bits per heavy atom. The van der Waals surface area contributed by atoms with E-state index in [9.17, 15) is 66.4 Å². The van der Waals surface area contributed by atoms with Crippen LogP contribution in [0.25, 0.3) is 0 Å². The normalized spacial score (nSPS) is 55.2. The minimum atomic E-state index is -1.83. The number of esters is 1. The summed E-state index contributed by atoms with van der Waals surface area (Å²) in [6.45, 7) is 15.6. The number of hydrogen-bond acceptors (Lipinski definition) is 22. The molecule has 0 radical (unpaired) electrons. The molecule has 4 saturated heterocycles. The van der Waals surface area contributed by atoms with Crippen molar-refractivity contribution in [1.82, 2.24) is 0 Å². The molecule has 4 saturated carbocycles. The van der Waals surface area contributed by atoms with Crippen molar-refractivity contribution in [3.05, 3.63) is 11.6 Å². The van der Waals surface area contributed by atoms with Gasteiger partial charge in [0, 0.05) is 0 Å². The Bertz CT molecular complexity index is 2080. The number of rotatable bonds is 11. The van der Waals surface area contributed by atoms with Crippen molar-refractivity contribution < 1.29 is 109 Å². The molecule has 22 nitrogen and oxygen atoms in total. The molecule has 5 aliphatic carbocycles. The van der Waals surface area contributed by atoms with E-state index in [1.165, 1.54) is 12.5 Å². The third-order valence-corrected chi connectivity index (χ3v) is 21.7. The lowest BCUT2D eigenvalue weighted by Crippen LogP contribution is -2.67. The van der Waals surface area contributed by atoms with Crippen LogP contribution in [-0.2, 0) is 42.7 Å². The van der Waals surface area contributed by atoms with E-state index in [1.807, 2.05) is 0 Å². The Balaban J connectivity index is 0.932. The van der Waals surface area contributed by atoms with Gasteiger partial charge in [-0.05, 0) is 116 Å². The minimum absolute atomic E-state index is 0.0583. The van der Waals surface area contributed by atoms with Crippen molar-refractivity contribution >= 4 is 5.97 Å². The maximum atomic E-state index is 15.1. The van der Waals surface area contributed by atoms with Gasteiger partial charge in [-0.15, -0.1) is 0 Å². The van der Waals surface area contributed by atoms with E-state index in [2.05, 4.69) is 54.5 Å². The summed E-state index contributed by atoms with van der Waals surface area (Å²) in [5, 5.41) is 138. The second-order valence-corrected chi connectivity index (χ2v) is 25.7. The first-order valence-corrected chi connectivity index (χ1v) is 27.8. The summed E-state index contributed by atoms with van der Waals surface area (Å²) in [7, 11) is 0. The van der Waals surface area contributed by atoms with Gasteiger partial charge in [-0.2, -0.15) is 0 Å². The zero-order valence-electron chi connectivity index (χ0n) is 45.1. The molecule has 0 bridgehead atoms. The largest absolute Gasteiger partial charge is 0.432 e. The van der Waals surface area contributed by atoms with Crippen molar-refractivity contribution in [2.24, 2.45) is 56.7 Å². The van der Waals surface area contributed by atoms with Gasteiger partial charge in [-0.25, -0.2) is 0 Å². The van der Waals surface area contributed by atoms with Crippen molar-refractivity contribution in [2.45, 2.75) is 242 Å². The molecule has 4 aliphatic heterocycles. The highest BCUT2D eigenvalue weighted by molar-refractivity contribution is 5.79. The van der Waals surface area contributed by atoms with Crippen LogP contribution in [-0.4, -0.2) is 221 Å². The van der Waals surface area contributed by atoms with Gasteiger partial charge in [0.2, 0.25) is 6.29 Å². The van der Waals surface area contributed by atoms with Gasteiger partial charge < -0.3 is 104 Å². The average Bonchev–Trinajstić information content (AvgIpc) is 3.46. The fourth-order valence-corrected chi connectivity index (χ4v) is 16.6. The van der Waals surface area contributed by atoms with E-state index < -0.39 is 166 Å². The van der Waals surface area contributed by atoms with Gasteiger partial charge in [0.15, 0.2) is 18.9 Å². The van der Waals surface area contributed by atoms with Gasteiger partial charge in [-0.3, -0.25) is 4.79 Å². The third kappa shape index (κ3) is 9.38. The maximum absolute atomic E-state index is 15.1. The number of aliphatic hydroxyl groups excluding tert-OH is 13. The van der Waals surface area contributed by atoms with Crippen LogP contribution in [0.5, 0.6) is 0 Å². The molecular formula is C54H88O22. The third-order valence-electron chi connectivity index (χ3n) is 21.7. The highest BCUT2D eigenvalue weighted by Gasteiger charge is 2.70. The molecule has 0 aromatic rings. The number of allylic oxidation sites excluding steroid dienone is 2. The lowest BCUT2D eigenvalue weighted by atomic mass is 9.33. The smallest absolute Gasteiger partial charge is 0.315 e. The summed E-state index contributed by atoms with van der Waals surface area (Å²) < 4.78 is 48.0. The predicted molar refractivity (Wildman–Crippen MR) is 261 cm³/mol. The van der Waals surface area contributed by atoms with E-state index >= 15 is 4.79 Å². The monoisotopic (exact) mass is 1090 g/mol. The number of carbonyl (C=O) groups excluding carboxylic acids is 1. The molecule has 76 heavy (non-hydrogen) atoms. The molecule has 0 spiro atoms. The number of hydrogen-bond donors (Lipinski definition) is 13. The molecule has 22 heteroatoms. The van der Waals surface area contributed by atoms with Crippen LogP contribution in [0.3, 0.4) is 0 Å². The molecule has 4 heterocycles. The van der Waals surface area contributed by atoms with Gasteiger partial charge in [0.25, 0.3) is 0 Å². The predicted octanol–water partition coefficient (Wildman–Crippen LogP) is -1.15. The number of fused-ring (bicyclic) bond motifs is 7. The average molecular weight is 1090 g/mol. The van der Waals surface area contributed by atoms with Crippen LogP contribution in [0, 0.1) is 56.7 Å². The highest BCUT2D eigenvalue weighted by atomic mass is 16.8. The first-order valence-electron chi connectivity index (χ1n) is 27.8. The van der Waals surface area contributed by atoms with E-state index in [1.54, 1.807) is 0 Å². The molecule has 0 amide bonds. The zero-order chi connectivity index (χ0) is 55.5. The maximum Gasteiger partial charge on any atom is 0.315 e. The van der Waals surface area contributed by atoms with Crippen LogP contribution < -0.4 is 0 Å². The Morgan fingerprint density at radius 1 is 0.579 bits per heavy atom. The fraction of sp³-hybridized carbons (Fsp3) is 0.944. The SMILES string of the molecule is C[C@H]1[C@H](C)CC[C@]2(C(=O)O[C@H]3O[C@@H](CO[C@H]4O[C@@H](CO)[C@H](O)[C@@H](O)[C@@H]4O)[C@H](O)[C@@H](O)[C@@H]3O)CC[C@]3(C)C(=CC[C@@H]4[C@@]5(C)CC[C@H](O[C@@H]6O[C@H](CO)[C@@H](O)[C@H](O)[C@H]6O[C@@H]6O[C@@H](C)[C@H](O)[C@@H](O)[C@H]6O)C(C)(C)[C@@H]5CC[C@]43C)[C@H]12. The molecule has 0 unspecified atom stereocenters. The molecule has 0 aromatic heterocycles. The van der Waals surface area contributed by atoms with Gasteiger partial charge in [-0.1, -0.05) is 60.1 Å². The zero-order valence-corrected chi connectivity index (χ0v) is 45.1. The van der Waals surface area contributed by atoms with Gasteiger partial charge in [0.05, 0.1) is 37.4 Å². The van der Waals surface area contributed by atoms with Gasteiger partial charge in [0.1, 0.15) is 91.6 Å². The first kappa shape index (κ1) is 59.0. The van der Waals surface area contributed by atoms with Crippen molar-refractivity contribution in [2.75, 3.05) is 19.8 Å². The molecular weight excluding hydrogens is 1000 g/mol. The Hall–Kier alpha value is -1.59. The standard InChI is InChI=1S/C54H88O22/c1-22-11-16-54(49(68)76-47-43(67)39(63)36(60)28(73-47)21-69-45-41(65)38(62)34(58)26(19-55)71-45)18-17-52(7)25(32(54)23(22)2)9-10-30-51(6)14-13-31(50(4,5)29(51)12-15-53(30,52)8)74-48-44(40(64)35(59)27(20-56)72-48)75-46-42(66)37(61)33(57)24(3)70-46/h9,22-24,26-48,55-67H,10-21H2,1-8H3/t22-,23+,24+,26+,27-,28+,29+,30-,31+,32+,33+,34+,35-,36+,37-,38-,39-,40+,41+,42-,43+,44-,45+,46+,47-,48+,51+,52-,53-,54+/m1/s1. The summed E-state index contributed by atoms with van der Waals surface area (Å²) in [5.74, 6) is -0.124. The second-order valence-electron chi connectivity index (χ2n) is 25.7. The number of ether oxygens (including phenoxy) is 8. The summed E-state index contributed by atoms with van der Waals surface area (Å²) in [6.07, 6.45) is -22.6. The molecule has 8 fully saturated rings. The minimum Gasteiger partial charge on any atom is -0.432 e. The van der Waals surface area contributed by atoms with E-state index in [-0.39, 0.29) is 45.8 Å². The highest BCUT2D eigenvalue weighted by Crippen LogP contribution is 2.76. The topological polar surface area (TPSA) is 354 Å². The summed E-state index contributed by atoms with van der Waals surface area (Å²) in [4.78, 5) is 15.1. The van der Waals surface area contributed by atoms with Crippen LogP contribution in [0.4, 0.5) is 0 Å². The molecule has 13 N–H and O–H groups in total. The summed E-state index contributed by atoms with van der Waals surface area (Å²) >= 11 is 0. The Kier molecular flexibility index (Phi) is 16.8. The molecule has 30 atom stereocenters. The number of aliphatic hydroxyl groups is 13. The quantitative estimate of drug-likeness (QED) is 0.0660. The summed E-state index contributed by atoms with van der Waals surface area (Å²) in [6, 6.07) is 0. The van der Waals surface area contributed by atoms with Crippen molar-refractivity contribution in [3.8, 4) is 0 Å². The van der Waals surface area contributed by atoms with Crippen LogP contribution in [0.2, 0.25) is 0 Å².